The predicted molar refractivity (Wildman–Crippen MR) is 96.7 cm³/mol. The van der Waals surface area contributed by atoms with Crippen LogP contribution in [0.5, 0.6) is 0 Å². The Morgan fingerprint density at radius 2 is 2.07 bits per heavy atom. The minimum absolute atomic E-state index is 0.00232. The molecule has 0 aliphatic carbocycles. The van der Waals surface area contributed by atoms with Crippen molar-refractivity contribution in [2.24, 2.45) is 5.92 Å². The van der Waals surface area contributed by atoms with Crippen LogP contribution in [-0.4, -0.2) is 49.2 Å². The van der Waals surface area contributed by atoms with Crippen LogP contribution in [0, 0.1) is 19.8 Å². The maximum Gasteiger partial charge on any atom is 0.255 e. The Balaban J connectivity index is 1.51. The second-order valence-electron chi connectivity index (χ2n) is 6.79. The number of amides is 1. The van der Waals surface area contributed by atoms with Gasteiger partial charge in [-0.2, -0.15) is 10.2 Å². The molecule has 1 aliphatic rings. The zero-order chi connectivity index (χ0) is 18.8. The molecule has 8 heteroatoms. The average molecular weight is 364 g/mol. The molecule has 0 N–H and O–H groups in total. The Hall–Kier alpha value is -3.16. The number of carbonyl (C=O) groups excluding carboxylic acids is 1. The van der Waals surface area contributed by atoms with E-state index in [1.807, 2.05) is 18.7 Å². The van der Waals surface area contributed by atoms with Crippen LogP contribution >= 0.6 is 0 Å². The fourth-order valence-electron chi connectivity index (χ4n) is 3.60. The maximum atomic E-state index is 12.6. The van der Waals surface area contributed by atoms with Crippen LogP contribution in [0.15, 0.2) is 35.4 Å². The van der Waals surface area contributed by atoms with Crippen LogP contribution in [0.1, 0.15) is 33.9 Å². The molecule has 1 aliphatic heterocycles. The van der Waals surface area contributed by atoms with Gasteiger partial charge in [-0.05, 0) is 38.7 Å². The van der Waals surface area contributed by atoms with Crippen molar-refractivity contribution in [1.29, 1.82) is 0 Å². The fraction of sp³-hybridized carbons (Fsp3) is 0.368. The summed E-state index contributed by atoms with van der Waals surface area (Å²) in [6, 6.07) is 1.70. The summed E-state index contributed by atoms with van der Waals surface area (Å²) < 4.78 is 5.29. The highest BCUT2D eigenvalue weighted by molar-refractivity contribution is 5.93. The summed E-state index contributed by atoms with van der Waals surface area (Å²) in [7, 11) is 0. The standard InChI is InChI=1S/C19H20N6O2/c1-12-17(13(2)27-24-12)18-16(20-6-7-21-18)9-14-4-8-25(11-14)19(26)15-3-5-22-23-10-15/h3,5-7,10,14H,4,8-9,11H2,1-2H3/t14-/m1/s1. The van der Waals surface area contributed by atoms with Gasteiger partial charge in [0.05, 0.1) is 40.6 Å². The highest BCUT2D eigenvalue weighted by atomic mass is 16.5. The van der Waals surface area contributed by atoms with E-state index >= 15 is 0 Å². The van der Waals surface area contributed by atoms with Gasteiger partial charge in [-0.25, -0.2) is 0 Å². The van der Waals surface area contributed by atoms with Crippen molar-refractivity contribution in [2.45, 2.75) is 26.7 Å². The Morgan fingerprint density at radius 3 is 2.81 bits per heavy atom. The maximum absolute atomic E-state index is 12.6. The van der Waals surface area contributed by atoms with Crippen molar-refractivity contribution >= 4 is 5.91 Å². The summed E-state index contributed by atoms with van der Waals surface area (Å²) in [5.74, 6) is 1.07. The molecule has 4 rings (SSSR count). The van der Waals surface area contributed by atoms with E-state index in [1.54, 1.807) is 18.5 Å². The van der Waals surface area contributed by atoms with Gasteiger partial charge in [-0.15, -0.1) is 0 Å². The topological polar surface area (TPSA) is 97.9 Å². The van der Waals surface area contributed by atoms with E-state index in [0.717, 1.165) is 47.8 Å². The molecule has 3 aromatic rings. The molecule has 0 aromatic carbocycles. The molecule has 4 heterocycles. The van der Waals surface area contributed by atoms with Crippen molar-refractivity contribution in [3.8, 4) is 11.3 Å². The number of likely N-dealkylation sites (tertiary alicyclic amines) is 1. The van der Waals surface area contributed by atoms with E-state index < -0.39 is 0 Å². The molecule has 0 bridgehead atoms. The molecule has 0 unspecified atom stereocenters. The molecule has 1 atom stereocenters. The van der Waals surface area contributed by atoms with Gasteiger partial charge in [-0.1, -0.05) is 5.16 Å². The third kappa shape index (κ3) is 3.42. The van der Waals surface area contributed by atoms with Crippen LogP contribution in [-0.2, 0) is 6.42 Å². The Bertz CT molecular complexity index is 936. The first kappa shape index (κ1) is 17.3. The van der Waals surface area contributed by atoms with Gasteiger partial charge >= 0.3 is 0 Å². The van der Waals surface area contributed by atoms with Crippen molar-refractivity contribution in [2.75, 3.05) is 13.1 Å². The van der Waals surface area contributed by atoms with Gasteiger partial charge in [0.1, 0.15) is 5.76 Å². The summed E-state index contributed by atoms with van der Waals surface area (Å²) in [4.78, 5) is 23.5. The lowest BCUT2D eigenvalue weighted by Crippen LogP contribution is -2.29. The molecule has 1 saturated heterocycles. The van der Waals surface area contributed by atoms with Crippen LogP contribution in [0.25, 0.3) is 11.3 Å². The summed E-state index contributed by atoms with van der Waals surface area (Å²) in [6.45, 7) is 5.21. The van der Waals surface area contributed by atoms with Gasteiger partial charge in [0.25, 0.3) is 5.91 Å². The molecule has 27 heavy (non-hydrogen) atoms. The summed E-state index contributed by atoms with van der Waals surface area (Å²) >= 11 is 0. The lowest BCUT2D eigenvalue weighted by Gasteiger charge is -2.16. The molecule has 1 fully saturated rings. The number of aromatic nitrogens is 5. The molecule has 8 nitrogen and oxygen atoms in total. The fourth-order valence-corrected chi connectivity index (χ4v) is 3.60. The quantitative estimate of drug-likeness (QED) is 0.700. The predicted octanol–water partition coefficient (Wildman–Crippen LogP) is 2.24. The number of rotatable bonds is 4. The van der Waals surface area contributed by atoms with Crippen molar-refractivity contribution < 1.29 is 9.32 Å². The summed E-state index contributed by atoms with van der Waals surface area (Å²) in [6.07, 6.45) is 8.13. The zero-order valence-corrected chi connectivity index (χ0v) is 15.3. The molecular weight excluding hydrogens is 344 g/mol. The third-order valence-electron chi connectivity index (χ3n) is 4.93. The molecular formula is C19H20N6O2. The molecule has 1 amide bonds. The Kier molecular flexibility index (Phi) is 4.62. The largest absolute Gasteiger partial charge is 0.361 e. The number of aryl methyl sites for hydroxylation is 2. The van der Waals surface area contributed by atoms with E-state index in [2.05, 4.69) is 25.3 Å². The number of nitrogens with zero attached hydrogens (tertiary/aromatic N) is 6. The smallest absolute Gasteiger partial charge is 0.255 e. The first-order chi connectivity index (χ1) is 13.1. The van der Waals surface area contributed by atoms with Crippen molar-refractivity contribution in [1.82, 2.24) is 30.2 Å². The monoisotopic (exact) mass is 364 g/mol. The second kappa shape index (κ2) is 7.22. The minimum atomic E-state index is -0.00232. The van der Waals surface area contributed by atoms with E-state index in [1.165, 1.54) is 12.4 Å². The minimum Gasteiger partial charge on any atom is -0.361 e. The van der Waals surface area contributed by atoms with Crippen molar-refractivity contribution in [3.05, 3.63) is 53.6 Å². The van der Waals surface area contributed by atoms with E-state index in [4.69, 9.17) is 4.52 Å². The van der Waals surface area contributed by atoms with Crippen LogP contribution < -0.4 is 0 Å². The normalized spacial score (nSPS) is 16.7. The Labute approximate surface area is 156 Å². The van der Waals surface area contributed by atoms with Crippen LogP contribution in [0.4, 0.5) is 0 Å². The SMILES string of the molecule is Cc1noc(C)c1-c1nccnc1C[C@H]1CCN(C(=O)c2ccnnc2)C1. The molecule has 138 valence electrons. The Morgan fingerprint density at radius 1 is 1.22 bits per heavy atom. The third-order valence-corrected chi connectivity index (χ3v) is 4.93. The van der Waals surface area contributed by atoms with Crippen LogP contribution in [0.2, 0.25) is 0 Å². The van der Waals surface area contributed by atoms with Gasteiger partial charge in [0.15, 0.2) is 0 Å². The van der Waals surface area contributed by atoms with E-state index in [-0.39, 0.29) is 5.91 Å². The number of carbonyl (C=O) groups is 1. The zero-order valence-electron chi connectivity index (χ0n) is 15.3. The van der Waals surface area contributed by atoms with Crippen molar-refractivity contribution in [3.63, 3.8) is 0 Å². The lowest BCUT2D eigenvalue weighted by atomic mass is 9.98. The molecule has 3 aromatic heterocycles. The van der Waals surface area contributed by atoms with Gasteiger partial charge in [0.2, 0.25) is 0 Å². The molecule has 0 spiro atoms. The average Bonchev–Trinajstić information content (AvgIpc) is 3.29. The first-order valence-corrected chi connectivity index (χ1v) is 8.92. The first-order valence-electron chi connectivity index (χ1n) is 8.92. The highest BCUT2D eigenvalue weighted by Crippen LogP contribution is 2.30. The number of hydrogen-bond acceptors (Lipinski definition) is 7. The van der Waals surface area contributed by atoms with E-state index in [0.29, 0.717) is 18.0 Å². The molecule has 0 saturated carbocycles. The van der Waals surface area contributed by atoms with Gasteiger partial charge < -0.3 is 9.42 Å². The number of hydrogen-bond donors (Lipinski definition) is 0. The second-order valence-corrected chi connectivity index (χ2v) is 6.79. The summed E-state index contributed by atoms with van der Waals surface area (Å²) in [5, 5.41) is 11.5. The van der Waals surface area contributed by atoms with E-state index in [9.17, 15) is 4.79 Å². The lowest BCUT2D eigenvalue weighted by molar-refractivity contribution is 0.0786. The van der Waals surface area contributed by atoms with Gasteiger partial charge in [0, 0.05) is 25.5 Å². The summed E-state index contributed by atoms with van der Waals surface area (Å²) in [5.41, 5.74) is 4.02. The molecule has 0 radical (unpaired) electrons. The van der Waals surface area contributed by atoms with Gasteiger partial charge in [-0.3, -0.25) is 14.8 Å². The van der Waals surface area contributed by atoms with Crippen LogP contribution in [0.3, 0.4) is 0 Å². The highest BCUT2D eigenvalue weighted by Gasteiger charge is 2.29.